The molecule has 0 spiro atoms. The van der Waals surface area contributed by atoms with Gasteiger partial charge in [0.05, 0.1) is 0 Å². The zero-order chi connectivity index (χ0) is 17.9. The molecule has 0 bridgehead atoms. The predicted molar refractivity (Wildman–Crippen MR) is 93.0 cm³/mol. The van der Waals surface area contributed by atoms with Crippen molar-refractivity contribution in [3.8, 4) is 0 Å². The van der Waals surface area contributed by atoms with Crippen molar-refractivity contribution in [1.82, 2.24) is 20.0 Å². The van der Waals surface area contributed by atoms with E-state index in [1.807, 2.05) is 20.8 Å². The van der Waals surface area contributed by atoms with Crippen LogP contribution in [-0.2, 0) is 4.74 Å². The molecule has 2 aliphatic rings. The third kappa shape index (κ3) is 5.26. The number of urea groups is 1. The molecule has 24 heavy (non-hydrogen) atoms. The first-order valence-electron chi connectivity index (χ1n) is 8.93. The molecule has 2 saturated heterocycles. The highest BCUT2D eigenvalue weighted by molar-refractivity contribution is 5.75. The number of hydrogen-bond acceptors (Lipinski definition) is 4. The van der Waals surface area contributed by atoms with Gasteiger partial charge in [-0.15, -0.1) is 0 Å². The largest absolute Gasteiger partial charge is 0.444 e. The van der Waals surface area contributed by atoms with Crippen LogP contribution in [0.4, 0.5) is 9.59 Å². The second-order valence-corrected chi connectivity index (χ2v) is 7.98. The first-order valence-corrected chi connectivity index (χ1v) is 8.93. The van der Waals surface area contributed by atoms with Crippen LogP contribution in [0.1, 0.15) is 41.0 Å². The number of carbonyl (C=O) groups excluding carboxylic acids is 2. The maximum absolute atomic E-state index is 12.4. The molecule has 1 atom stereocenters. The number of hydrogen-bond donors (Lipinski definition) is 1. The van der Waals surface area contributed by atoms with Crippen molar-refractivity contribution in [2.45, 2.75) is 58.7 Å². The quantitative estimate of drug-likeness (QED) is 0.831. The third-order valence-electron chi connectivity index (χ3n) is 4.50. The average Bonchev–Trinajstić information content (AvgIpc) is 2.94. The zero-order valence-corrected chi connectivity index (χ0v) is 15.7. The van der Waals surface area contributed by atoms with Gasteiger partial charge in [0.25, 0.3) is 0 Å². The van der Waals surface area contributed by atoms with E-state index < -0.39 is 5.60 Å². The summed E-state index contributed by atoms with van der Waals surface area (Å²) in [6, 6.07) is 0.725. The van der Waals surface area contributed by atoms with Gasteiger partial charge in [-0.2, -0.15) is 0 Å². The molecule has 0 aliphatic carbocycles. The fourth-order valence-corrected chi connectivity index (χ4v) is 3.06. The van der Waals surface area contributed by atoms with Crippen molar-refractivity contribution in [3.63, 3.8) is 0 Å². The number of ether oxygens (including phenoxy) is 1. The number of piperazine rings is 1. The van der Waals surface area contributed by atoms with Gasteiger partial charge in [0.2, 0.25) is 0 Å². The minimum Gasteiger partial charge on any atom is -0.444 e. The van der Waals surface area contributed by atoms with Crippen LogP contribution in [0.5, 0.6) is 0 Å². The monoisotopic (exact) mass is 340 g/mol. The Labute approximate surface area is 145 Å². The smallest absolute Gasteiger partial charge is 0.410 e. The van der Waals surface area contributed by atoms with Crippen LogP contribution in [0.25, 0.3) is 0 Å². The summed E-state index contributed by atoms with van der Waals surface area (Å²) in [6.45, 7) is 14.0. The molecule has 1 unspecified atom stereocenters. The van der Waals surface area contributed by atoms with Gasteiger partial charge in [0.15, 0.2) is 0 Å². The number of likely N-dealkylation sites (tertiary alicyclic amines) is 1. The van der Waals surface area contributed by atoms with E-state index in [1.165, 1.54) is 0 Å². The van der Waals surface area contributed by atoms with E-state index >= 15 is 0 Å². The van der Waals surface area contributed by atoms with Crippen molar-refractivity contribution in [1.29, 1.82) is 0 Å². The maximum Gasteiger partial charge on any atom is 0.410 e. The summed E-state index contributed by atoms with van der Waals surface area (Å²) in [7, 11) is 0. The van der Waals surface area contributed by atoms with Crippen molar-refractivity contribution in [2.24, 2.45) is 0 Å². The van der Waals surface area contributed by atoms with Gasteiger partial charge in [0, 0.05) is 51.4 Å². The highest BCUT2D eigenvalue weighted by Crippen LogP contribution is 2.14. The molecular formula is C17H32N4O3. The van der Waals surface area contributed by atoms with Crippen LogP contribution in [0.3, 0.4) is 0 Å². The summed E-state index contributed by atoms with van der Waals surface area (Å²) < 4.78 is 5.38. The number of nitrogens with one attached hydrogen (secondary N) is 1. The summed E-state index contributed by atoms with van der Waals surface area (Å²) in [5.41, 5.74) is -0.490. The Balaban J connectivity index is 1.74. The lowest BCUT2D eigenvalue weighted by atomic mass is 10.2. The fraction of sp³-hybridized carbons (Fsp3) is 0.882. The normalized spacial score (nSPS) is 22.8. The Morgan fingerprint density at radius 1 is 1.04 bits per heavy atom. The highest BCUT2D eigenvalue weighted by atomic mass is 16.6. The van der Waals surface area contributed by atoms with Gasteiger partial charge >= 0.3 is 12.1 Å². The van der Waals surface area contributed by atoms with E-state index in [0.717, 1.165) is 19.5 Å². The van der Waals surface area contributed by atoms with Crippen LogP contribution in [0.2, 0.25) is 0 Å². The first kappa shape index (κ1) is 18.8. The topological polar surface area (TPSA) is 65.1 Å². The van der Waals surface area contributed by atoms with Crippen LogP contribution in [0.15, 0.2) is 0 Å². The standard InChI is InChI=1S/C17H32N4O3/c1-13(2)21-7-6-14(12-21)18-15(22)19-8-10-20(11-9-19)16(23)24-17(3,4)5/h13-14H,6-12H2,1-5H3,(H,18,22). The Morgan fingerprint density at radius 2 is 1.62 bits per heavy atom. The van der Waals surface area contributed by atoms with Gasteiger partial charge < -0.3 is 19.9 Å². The predicted octanol–water partition coefficient (Wildman–Crippen LogP) is 1.73. The molecule has 2 rings (SSSR count). The van der Waals surface area contributed by atoms with Gasteiger partial charge in [-0.1, -0.05) is 0 Å². The molecule has 7 nitrogen and oxygen atoms in total. The number of amides is 3. The minimum absolute atomic E-state index is 0.0190. The number of rotatable bonds is 2. The highest BCUT2D eigenvalue weighted by Gasteiger charge is 2.30. The summed E-state index contributed by atoms with van der Waals surface area (Å²) in [6.07, 6.45) is 0.702. The molecule has 1 N–H and O–H groups in total. The van der Waals surface area contributed by atoms with Crippen LogP contribution >= 0.6 is 0 Å². The van der Waals surface area contributed by atoms with Gasteiger partial charge in [-0.05, 0) is 41.0 Å². The van der Waals surface area contributed by atoms with E-state index in [2.05, 4.69) is 24.1 Å². The minimum atomic E-state index is -0.490. The zero-order valence-electron chi connectivity index (χ0n) is 15.7. The molecular weight excluding hydrogens is 308 g/mol. The molecule has 0 aromatic rings. The number of carbonyl (C=O) groups is 2. The molecule has 2 heterocycles. The SMILES string of the molecule is CC(C)N1CCC(NC(=O)N2CCN(C(=O)OC(C)(C)C)CC2)C1. The van der Waals surface area contributed by atoms with E-state index in [0.29, 0.717) is 32.2 Å². The van der Waals surface area contributed by atoms with Crippen molar-refractivity contribution in [3.05, 3.63) is 0 Å². The fourth-order valence-electron chi connectivity index (χ4n) is 3.06. The Kier molecular flexibility index (Phi) is 5.96. The molecule has 0 aromatic heterocycles. The molecule has 2 aliphatic heterocycles. The van der Waals surface area contributed by atoms with Gasteiger partial charge in [-0.25, -0.2) is 9.59 Å². The van der Waals surface area contributed by atoms with E-state index in [-0.39, 0.29) is 18.2 Å². The third-order valence-corrected chi connectivity index (χ3v) is 4.50. The molecule has 2 fully saturated rings. The molecule has 7 heteroatoms. The van der Waals surface area contributed by atoms with Crippen molar-refractivity contribution >= 4 is 12.1 Å². The lowest BCUT2D eigenvalue weighted by Gasteiger charge is -2.36. The van der Waals surface area contributed by atoms with E-state index in [4.69, 9.17) is 4.74 Å². The molecule has 3 amide bonds. The molecule has 0 aromatic carbocycles. The summed E-state index contributed by atoms with van der Waals surface area (Å²) >= 11 is 0. The van der Waals surface area contributed by atoms with E-state index in [9.17, 15) is 9.59 Å². The van der Waals surface area contributed by atoms with Gasteiger partial charge in [-0.3, -0.25) is 4.90 Å². The average molecular weight is 340 g/mol. The van der Waals surface area contributed by atoms with Gasteiger partial charge in [0.1, 0.15) is 5.60 Å². The van der Waals surface area contributed by atoms with Crippen LogP contribution in [-0.4, -0.2) is 83.8 Å². The Hall–Kier alpha value is -1.50. The van der Waals surface area contributed by atoms with Crippen LogP contribution < -0.4 is 5.32 Å². The summed E-state index contributed by atoms with van der Waals surface area (Å²) in [5, 5.41) is 3.13. The molecule has 0 radical (unpaired) electrons. The maximum atomic E-state index is 12.4. The van der Waals surface area contributed by atoms with Crippen molar-refractivity contribution < 1.29 is 14.3 Å². The summed E-state index contributed by atoms with van der Waals surface area (Å²) in [4.78, 5) is 30.3. The van der Waals surface area contributed by atoms with E-state index in [1.54, 1.807) is 9.80 Å². The van der Waals surface area contributed by atoms with Crippen molar-refractivity contribution in [2.75, 3.05) is 39.3 Å². The Morgan fingerprint density at radius 3 is 2.12 bits per heavy atom. The lowest BCUT2D eigenvalue weighted by molar-refractivity contribution is 0.0169. The molecule has 0 saturated carbocycles. The lowest BCUT2D eigenvalue weighted by Crippen LogP contribution is -2.55. The first-order chi connectivity index (χ1) is 11.2. The number of nitrogens with zero attached hydrogens (tertiary/aromatic N) is 3. The Bertz CT molecular complexity index is 453. The second-order valence-electron chi connectivity index (χ2n) is 7.98. The summed E-state index contributed by atoms with van der Waals surface area (Å²) in [5.74, 6) is 0. The van der Waals surface area contributed by atoms with Crippen LogP contribution in [0, 0.1) is 0 Å². The second kappa shape index (κ2) is 7.59. The molecule has 138 valence electrons.